The summed E-state index contributed by atoms with van der Waals surface area (Å²) in [5.41, 5.74) is 2.30. The maximum atomic E-state index is 4.33. The van der Waals surface area contributed by atoms with Crippen LogP contribution in [0.25, 0.3) is 5.65 Å². The first-order valence-electron chi connectivity index (χ1n) is 4.34. The number of hydrogen-bond donors (Lipinski definition) is 0. The van der Waals surface area contributed by atoms with Crippen molar-refractivity contribution in [2.75, 3.05) is 0 Å². The zero-order chi connectivity index (χ0) is 8.84. The lowest BCUT2D eigenvalue weighted by molar-refractivity contribution is 0.842. The number of fused-ring (bicyclic) bond motifs is 1. The number of nitrogens with zero attached hydrogens (tertiary/aromatic N) is 3. The molecule has 3 rings (SSSR count). The largest absolute Gasteiger partial charge is 0.236 e. The summed E-state index contributed by atoms with van der Waals surface area (Å²) >= 11 is 2.27. The minimum atomic E-state index is 0.723. The molecule has 0 aliphatic heterocycles. The van der Waals surface area contributed by atoms with Gasteiger partial charge in [-0.15, -0.1) is 0 Å². The standard InChI is InChI=1S/C9H8IN3/c10-7-5-12-13-8(6-1-2-6)3-4-11-9(7)13/h3-6H,1-2H2. The lowest BCUT2D eigenvalue weighted by Crippen LogP contribution is -1.97. The molecule has 0 aromatic carbocycles. The van der Waals surface area contributed by atoms with Gasteiger partial charge in [0.2, 0.25) is 0 Å². The van der Waals surface area contributed by atoms with Gasteiger partial charge in [-0.25, -0.2) is 9.50 Å². The van der Waals surface area contributed by atoms with Crippen molar-refractivity contribution < 1.29 is 0 Å². The highest BCUT2D eigenvalue weighted by Gasteiger charge is 2.26. The van der Waals surface area contributed by atoms with Gasteiger partial charge in [-0.3, -0.25) is 0 Å². The smallest absolute Gasteiger partial charge is 0.168 e. The van der Waals surface area contributed by atoms with Crippen molar-refractivity contribution in [3.8, 4) is 0 Å². The van der Waals surface area contributed by atoms with E-state index in [1.165, 1.54) is 18.5 Å². The molecule has 2 heterocycles. The van der Waals surface area contributed by atoms with E-state index in [9.17, 15) is 0 Å². The van der Waals surface area contributed by atoms with Crippen LogP contribution in [0.1, 0.15) is 24.5 Å². The second-order valence-corrected chi connectivity index (χ2v) is 4.53. The topological polar surface area (TPSA) is 30.2 Å². The molecular weight excluding hydrogens is 277 g/mol. The van der Waals surface area contributed by atoms with Crippen molar-refractivity contribution in [2.45, 2.75) is 18.8 Å². The Morgan fingerprint density at radius 2 is 2.31 bits per heavy atom. The van der Waals surface area contributed by atoms with E-state index in [0.717, 1.165) is 15.1 Å². The van der Waals surface area contributed by atoms with Crippen LogP contribution in [0.3, 0.4) is 0 Å². The highest BCUT2D eigenvalue weighted by molar-refractivity contribution is 14.1. The minimum absolute atomic E-state index is 0.723. The van der Waals surface area contributed by atoms with E-state index in [4.69, 9.17) is 0 Å². The van der Waals surface area contributed by atoms with Gasteiger partial charge in [-0.2, -0.15) is 5.10 Å². The molecule has 0 radical (unpaired) electrons. The summed E-state index contributed by atoms with van der Waals surface area (Å²) in [7, 11) is 0. The van der Waals surface area contributed by atoms with Gasteiger partial charge in [0.1, 0.15) is 0 Å². The van der Waals surface area contributed by atoms with E-state index in [1.54, 1.807) is 0 Å². The van der Waals surface area contributed by atoms with E-state index in [2.05, 4.69) is 38.7 Å². The molecule has 13 heavy (non-hydrogen) atoms. The molecule has 0 amide bonds. The molecule has 3 nitrogen and oxygen atoms in total. The van der Waals surface area contributed by atoms with Crippen LogP contribution in [0.2, 0.25) is 0 Å². The zero-order valence-corrected chi connectivity index (χ0v) is 9.10. The second kappa shape index (κ2) is 2.67. The Hall–Kier alpha value is -0.650. The van der Waals surface area contributed by atoms with Crippen molar-refractivity contribution in [1.29, 1.82) is 0 Å². The third-order valence-electron chi connectivity index (χ3n) is 2.38. The van der Waals surface area contributed by atoms with Crippen molar-refractivity contribution >= 4 is 28.2 Å². The van der Waals surface area contributed by atoms with Crippen LogP contribution in [0.15, 0.2) is 18.5 Å². The van der Waals surface area contributed by atoms with Gasteiger partial charge in [0.15, 0.2) is 5.65 Å². The van der Waals surface area contributed by atoms with Crippen LogP contribution < -0.4 is 0 Å². The molecule has 0 bridgehead atoms. The van der Waals surface area contributed by atoms with Gasteiger partial charge in [-0.05, 0) is 41.5 Å². The lowest BCUT2D eigenvalue weighted by Gasteiger charge is -2.00. The zero-order valence-electron chi connectivity index (χ0n) is 6.94. The summed E-state index contributed by atoms with van der Waals surface area (Å²) in [4.78, 5) is 4.30. The van der Waals surface area contributed by atoms with Gasteiger partial charge in [0, 0.05) is 17.8 Å². The van der Waals surface area contributed by atoms with Crippen LogP contribution in [0, 0.1) is 3.57 Å². The molecule has 1 saturated carbocycles. The van der Waals surface area contributed by atoms with Gasteiger partial charge < -0.3 is 0 Å². The third-order valence-corrected chi connectivity index (χ3v) is 3.14. The molecule has 66 valence electrons. The average Bonchev–Trinajstić information content (AvgIpc) is 2.92. The van der Waals surface area contributed by atoms with E-state index in [1.807, 2.05) is 16.9 Å². The maximum Gasteiger partial charge on any atom is 0.168 e. The molecule has 2 aromatic heterocycles. The molecule has 0 atom stereocenters. The second-order valence-electron chi connectivity index (χ2n) is 3.37. The Labute approximate surface area is 89.3 Å². The van der Waals surface area contributed by atoms with E-state index >= 15 is 0 Å². The number of aromatic nitrogens is 3. The SMILES string of the molecule is Ic1cnn2c(C3CC3)ccnc12. The Kier molecular flexibility index (Phi) is 1.59. The lowest BCUT2D eigenvalue weighted by atomic mass is 10.3. The summed E-state index contributed by atoms with van der Waals surface area (Å²) in [6, 6.07) is 2.08. The Balaban J connectivity index is 2.33. The molecular formula is C9H8IN3. The Bertz CT molecular complexity index is 459. The van der Waals surface area contributed by atoms with Crippen molar-refractivity contribution in [2.24, 2.45) is 0 Å². The number of rotatable bonds is 1. The average molecular weight is 285 g/mol. The van der Waals surface area contributed by atoms with E-state index < -0.39 is 0 Å². The molecule has 1 aliphatic carbocycles. The van der Waals surface area contributed by atoms with Crippen molar-refractivity contribution in [1.82, 2.24) is 14.6 Å². The van der Waals surface area contributed by atoms with Crippen LogP contribution in [-0.2, 0) is 0 Å². The maximum absolute atomic E-state index is 4.33. The summed E-state index contributed by atoms with van der Waals surface area (Å²) in [6.07, 6.45) is 6.35. The molecule has 1 aliphatic rings. The normalized spacial score (nSPS) is 16.7. The molecule has 1 fully saturated rings. The molecule has 0 spiro atoms. The molecule has 4 heteroatoms. The third kappa shape index (κ3) is 1.15. The highest BCUT2D eigenvalue weighted by Crippen LogP contribution is 2.39. The molecule has 0 saturated heterocycles. The fourth-order valence-electron chi connectivity index (χ4n) is 1.57. The first-order valence-corrected chi connectivity index (χ1v) is 5.42. The van der Waals surface area contributed by atoms with Crippen LogP contribution in [-0.4, -0.2) is 14.6 Å². The molecule has 0 N–H and O–H groups in total. The van der Waals surface area contributed by atoms with Crippen LogP contribution in [0.5, 0.6) is 0 Å². The predicted molar refractivity (Wildman–Crippen MR) is 57.7 cm³/mol. The first kappa shape index (κ1) is 7.73. The summed E-state index contributed by atoms with van der Waals surface area (Å²) < 4.78 is 3.10. The minimum Gasteiger partial charge on any atom is -0.236 e. The van der Waals surface area contributed by atoms with Crippen molar-refractivity contribution in [3.05, 3.63) is 27.7 Å². The summed E-state index contributed by atoms with van der Waals surface area (Å²) in [5, 5.41) is 4.33. The predicted octanol–water partition coefficient (Wildman–Crippen LogP) is 2.21. The highest BCUT2D eigenvalue weighted by atomic mass is 127. The van der Waals surface area contributed by atoms with E-state index in [-0.39, 0.29) is 0 Å². The number of halogens is 1. The molecule has 2 aromatic rings. The van der Waals surface area contributed by atoms with Gasteiger partial charge >= 0.3 is 0 Å². The molecule has 0 unspecified atom stereocenters. The van der Waals surface area contributed by atoms with Gasteiger partial charge in [-0.1, -0.05) is 0 Å². The van der Waals surface area contributed by atoms with Gasteiger partial charge in [0.05, 0.1) is 9.77 Å². The summed E-state index contributed by atoms with van der Waals surface area (Å²) in [6.45, 7) is 0. The van der Waals surface area contributed by atoms with E-state index in [0.29, 0.717) is 0 Å². The van der Waals surface area contributed by atoms with Gasteiger partial charge in [0.25, 0.3) is 0 Å². The quantitative estimate of drug-likeness (QED) is 0.752. The fraction of sp³-hybridized carbons (Fsp3) is 0.333. The van der Waals surface area contributed by atoms with Crippen LogP contribution in [0.4, 0.5) is 0 Å². The van der Waals surface area contributed by atoms with Crippen molar-refractivity contribution in [3.63, 3.8) is 0 Å². The first-order chi connectivity index (χ1) is 6.36. The Morgan fingerprint density at radius 1 is 1.46 bits per heavy atom. The monoisotopic (exact) mass is 285 g/mol. The van der Waals surface area contributed by atoms with Crippen LogP contribution >= 0.6 is 22.6 Å². The summed E-state index contributed by atoms with van der Waals surface area (Å²) in [5.74, 6) is 0.723. The number of hydrogen-bond acceptors (Lipinski definition) is 2. The Morgan fingerprint density at radius 3 is 3.08 bits per heavy atom. The fourth-order valence-corrected chi connectivity index (χ4v) is 2.06.